The molecule has 0 radical (unpaired) electrons. The Labute approximate surface area is 92.6 Å². The lowest BCUT2D eigenvalue weighted by Gasteiger charge is -2.20. The lowest BCUT2D eigenvalue weighted by atomic mass is 9.89. The maximum atomic E-state index is 11.7. The quantitative estimate of drug-likeness (QED) is 0.686. The molecule has 0 saturated heterocycles. The first-order valence-electron chi connectivity index (χ1n) is 6.20. The molecule has 0 aromatic rings. The Morgan fingerprint density at radius 3 is 2.73 bits per heavy atom. The molecule has 0 aliphatic heterocycles. The highest BCUT2D eigenvalue weighted by Gasteiger charge is 2.20. The van der Waals surface area contributed by atoms with Gasteiger partial charge in [0.25, 0.3) is 0 Å². The number of rotatable bonds is 6. The fourth-order valence-electron chi connectivity index (χ4n) is 2.04. The summed E-state index contributed by atoms with van der Waals surface area (Å²) in [4.78, 5) is 11.7. The van der Waals surface area contributed by atoms with Crippen LogP contribution in [0.3, 0.4) is 0 Å². The maximum Gasteiger partial charge on any atom is 0.223 e. The number of amides is 1. The highest BCUT2D eigenvalue weighted by Crippen LogP contribution is 2.23. The van der Waals surface area contributed by atoms with Crippen molar-refractivity contribution in [2.45, 2.75) is 45.4 Å². The minimum absolute atomic E-state index is 0.256. The van der Waals surface area contributed by atoms with Gasteiger partial charge < -0.3 is 10.1 Å². The first-order valence-corrected chi connectivity index (χ1v) is 6.20. The van der Waals surface area contributed by atoms with Crippen LogP contribution in [-0.4, -0.2) is 25.7 Å². The van der Waals surface area contributed by atoms with Gasteiger partial charge in [0, 0.05) is 25.7 Å². The Balaban J connectivity index is 2.02. The number of carbonyl (C=O) groups excluding carboxylic acids is 1. The standard InChI is InChI=1S/C12H23NO2/c1-2-15-10-6-9-13-12(14)11-7-4-3-5-8-11/h11H,2-10H2,1H3,(H,13,14). The molecule has 88 valence electrons. The molecule has 0 spiro atoms. The van der Waals surface area contributed by atoms with E-state index in [-0.39, 0.29) is 11.8 Å². The number of carbonyl (C=O) groups is 1. The molecule has 15 heavy (non-hydrogen) atoms. The summed E-state index contributed by atoms with van der Waals surface area (Å²) < 4.78 is 5.21. The van der Waals surface area contributed by atoms with E-state index >= 15 is 0 Å². The molecule has 0 aromatic carbocycles. The van der Waals surface area contributed by atoms with E-state index in [9.17, 15) is 4.79 Å². The number of hydrogen-bond donors (Lipinski definition) is 1. The second kappa shape index (κ2) is 7.69. The predicted octanol–water partition coefficient (Wildman–Crippen LogP) is 2.11. The summed E-state index contributed by atoms with van der Waals surface area (Å²) in [5.41, 5.74) is 0. The summed E-state index contributed by atoms with van der Waals surface area (Å²) in [5, 5.41) is 2.99. The van der Waals surface area contributed by atoms with Gasteiger partial charge in [0.2, 0.25) is 5.91 Å². The molecule has 3 heteroatoms. The van der Waals surface area contributed by atoms with Crippen molar-refractivity contribution in [3.8, 4) is 0 Å². The van der Waals surface area contributed by atoms with Gasteiger partial charge in [-0.15, -0.1) is 0 Å². The van der Waals surface area contributed by atoms with Crippen LogP contribution in [0.25, 0.3) is 0 Å². The molecule has 0 unspecified atom stereocenters. The third kappa shape index (κ3) is 5.17. The van der Waals surface area contributed by atoms with E-state index in [1.807, 2.05) is 6.92 Å². The molecule has 1 rings (SSSR count). The topological polar surface area (TPSA) is 38.3 Å². The van der Waals surface area contributed by atoms with Crippen LogP contribution in [0, 0.1) is 5.92 Å². The zero-order valence-electron chi connectivity index (χ0n) is 9.76. The van der Waals surface area contributed by atoms with E-state index < -0.39 is 0 Å². The molecule has 0 bridgehead atoms. The van der Waals surface area contributed by atoms with Crippen molar-refractivity contribution in [3.05, 3.63) is 0 Å². The molecule has 1 fully saturated rings. The normalized spacial score (nSPS) is 17.7. The smallest absolute Gasteiger partial charge is 0.223 e. The molecule has 0 aromatic heterocycles. The highest BCUT2D eigenvalue weighted by molar-refractivity contribution is 5.78. The highest BCUT2D eigenvalue weighted by atomic mass is 16.5. The molecule has 1 aliphatic rings. The summed E-state index contributed by atoms with van der Waals surface area (Å²) in [6.07, 6.45) is 6.82. The van der Waals surface area contributed by atoms with Crippen molar-refractivity contribution >= 4 is 5.91 Å². The molecule has 1 aliphatic carbocycles. The molecular formula is C12H23NO2. The largest absolute Gasteiger partial charge is 0.382 e. The average molecular weight is 213 g/mol. The van der Waals surface area contributed by atoms with Crippen molar-refractivity contribution in [1.82, 2.24) is 5.32 Å². The second-order valence-corrected chi connectivity index (χ2v) is 4.18. The lowest BCUT2D eigenvalue weighted by Crippen LogP contribution is -2.32. The van der Waals surface area contributed by atoms with Gasteiger partial charge in [-0.3, -0.25) is 4.79 Å². The van der Waals surface area contributed by atoms with Crippen LogP contribution in [0.2, 0.25) is 0 Å². The summed E-state index contributed by atoms with van der Waals surface area (Å²) >= 11 is 0. The van der Waals surface area contributed by atoms with E-state index in [0.717, 1.165) is 39.0 Å². The number of nitrogens with one attached hydrogen (secondary N) is 1. The van der Waals surface area contributed by atoms with Crippen molar-refractivity contribution in [2.24, 2.45) is 5.92 Å². The number of ether oxygens (including phenoxy) is 1. The molecule has 1 N–H and O–H groups in total. The first-order chi connectivity index (χ1) is 7.34. The van der Waals surface area contributed by atoms with Crippen LogP contribution in [0.15, 0.2) is 0 Å². The van der Waals surface area contributed by atoms with Crippen molar-refractivity contribution < 1.29 is 9.53 Å². The van der Waals surface area contributed by atoms with Crippen molar-refractivity contribution in [1.29, 1.82) is 0 Å². The van der Waals surface area contributed by atoms with Crippen LogP contribution in [0.4, 0.5) is 0 Å². The summed E-state index contributed by atoms with van der Waals surface area (Å²) in [7, 11) is 0. The molecular weight excluding hydrogens is 190 g/mol. The molecule has 1 amide bonds. The van der Waals surface area contributed by atoms with Crippen LogP contribution in [0.1, 0.15) is 45.4 Å². The first kappa shape index (κ1) is 12.5. The molecule has 0 atom stereocenters. The van der Waals surface area contributed by atoms with Crippen LogP contribution in [-0.2, 0) is 9.53 Å². The van der Waals surface area contributed by atoms with Crippen molar-refractivity contribution in [3.63, 3.8) is 0 Å². The van der Waals surface area contributed by atoms with E-state index in [2.05, 4.69) is 5.32 Å². The minimum atomic E-state index is 0.256. The molecule has 3 nitrogen and oxygen atoms in total. The fraction of sp³-hybridized carbons (Fsp3) is 0.917. The van der Waals surface area contributed by atoms with Gasteiger partial charge in [0.05, 0.1) is 0 Å². The van der Waals surface area contributed by atoms with Crippen LogP contribution < -0.4 is 5.32 Å². The monoisotopic (exact) mass is 213 g/mol. The van der Waals surface area contributed by atoms with E-state index in [4.69, 9.17) is 4.74 Å². The van der Waals surface area contributed by atoms with E-state index in [0.29, 0.717) is 0 Å². The SMILES string of the molecule is CCOCCCNC(=O)C1CCCCC1. The van der Waals surface area contributed by atoms with Crippen LogP contribution >= 0.6 is 0 Å². The Kier molecular flexibility index (Phi) is 6.41. The molecule has 0 heterocycles. The Hall–Kier alpha value is -0.570. The van der Waals surface area contributed by atoms with E-state index in [1.165, 1.54) is 19.3 Å². The average Bonchev–Trinajstić information content (AvgIpc) is 2.30. The maximum absolute atomic E-state index is 11.7. The number of hydrogen-bond acceptors (Lipinski definition) is 2. The van der Waals surface area contributed by atoms with Crippen LogP contribution in [0.5, 0.6) is 0 Å². The van der Waals surface area contributed by atoms with Gasteiger partial charge in [-0.25, -0.2) is 0 Å². The lowest BCUT2D eigenvalue weighted by molar-refractivity contribution is -0.125. The fourth-order valence-corrected chi connectivity index (χ4v) is 2.04. The van der Waals surface area contributed by atoms with Gasteiger partial charge in [-0.1, -0.05) is 19.3 Å². The Bertz CT molecular complexity index is 176. The summed E-state index contributed by atoms with van der Waals surface area (Å²) in [6, 6.07) is 0. The summed E-state index contributed by atoms with van der Waals surface area (Å²) in [6.45, 7) is 4.26. The Morgan fingerprint density at radius 1 is 1.33 bits per heavy atom. The summed E-state index contributed by atoms with van der Waals surface area (Å²) in [5.74, 6) is 0.539. The minimum Gasteiger partial charge on any atom is -0.382 e. The van der Waals surface area contributed by atoms with E-state index in [1.54, 1.807) is 0 Å². The van der Waals surface area contributed by atoms with Gasteiger partial charge in [-0.2, -0.15) is 0 Å². The zero-order valence-corrected chi connectivity index (χ0v) is 9.76. The third-order valence-corrected chi connectivity index (χ3v) is 2.94. The van der Waals surface area contributed by atoms with Gasteiger partial charge in [0.15, 0.2) is 0 Å². The third-order valence-electron chi connectivity index (χ3n) is 2.94. The van der Waals surface area contributed by atoms with Crippen molar-refractivity contribution in [2.75, 3.05) is 19.8 Å². The Morgan fingerprint density at radius 2 is 2.07 bits per heavy atom. The predicted molar refractivity (Wildman–Crippen MR) is 60.7 cm³/mol. The van der Waals surface area contributed by atoms with Gasteiger partial charge in [-0.05, 0) is 26.2 Å². The van der Waals surface area contributed by atoms with Gasteiger partial charge >= 0.3 is 0 Å². The zero-order chi connectivity index (χ0) is 10.9. The second-order valence-electron chi connectivity index (χ2n) is 4.18. The van der Waals surface area contributed by atoms with Gasteiger partial charge in [0.1, 0.15) is 0 Å². The molecule has 1 saturated carbocycles.